The van der Waals surface area contributed by atoms with Gasteiger partial charge in [-0.25, -0.2) is 4.99 Å². The van der Waals surface area contributed by atoms with Gasteiger partial charge in [-0.05, 0) is 76.7 Å². The van der Waals surface area contributed by atoms with E-state index in [4.69, 9.17) is 5.41 Å². The lowest BCUT2D eigenvalue weighted by molar-refractivity contribution is 0.455. The zero-order valence-electron chi connectivity index (χ0n) is 23.1. The number of aromatic hydroxyl groups is 1. The molecule has 1 heterocycles. The first-order valence-electron chi connectivity index (χ1n) is 12.9. The molecule has 5 nitrogen and oxygen atoms in total. The van der Waals surface area contributed by atoms with Crippen molar-refractivity contribution < 1.29 is 5.11 Å². The molecule has 1 aromatic rings. The van der Waals surface area contributed by atoms with Crippen LogP contribution >= 0.6 is 0 Å². The van der Waals surface area contributed by atoms with Gasteiger partial charge in [0.1, 0.15) is 5.84 Å². The second-order valence-electron chi connectivity index (χ2n) is 8.87. The molecule has 0 aliphatic carbocycles. The molecule has 0 atom stereocenters. The summed E-state index contributed by atoms with van der Waals surface area (Å²) >= 11 is 0. The van der Waals surface area contributed by atoms with Crippen LogP contribution in [0.3, 0.4) is 0 Å². The molecule has 4 N–H and O–H groups in total. The van der Waals surface area contributed by atoms with Gasteiger partial charge in [0.05, 0.1) is 11.3 Å². The van der Waals surface area contributed by atoms with Gasteiger partial charge < -0.3 is 15.4 Å². The van der Waals surface area contributed by atoms with E-state index in [1.54, 1.807) is 6.08 Å². The molecule has 0 saturated carbocycles. The van der Waals surface area contributed by atoms with Crippen molar-refractivity contribution in [3.63, 3.8) is 0 Å². The van der Waals surface area contributed by atoms with Crippen molar-refractivity contribution in [3.05, 3.63) is 62.9 Å². The number of aliphatic imine (C=N–C) groups is 1. The van der Waals surface area contributed by atoms with E-state index < -0.39 is 0 Å². The first-order valence-corrected chi connectivity index (χ1v) is 12.9. The average molecular weight is 479 g/mol. The Hall–Kier alpha value is -3.08. The van der Waals surface area contributed by atoms with Crippen molar-refractivity contribution in [2.75, 3.05) is 6.54 Å². The molecule has 35 heavy (non-hydrogen) atoms. The number of aromatic amines is 1. The normalized spacial score (nSPS) is 15.3. The second kappa shape index (κ2) is 15.8. The lowest BCUT2D eigenvalue weighted by atomic mass is 9.98. The molecule has 5 heteroatoms. The van der Waals surface area contributed by atoms with Crippen molar-refractivity contribution in [3.8, 4) is 5.88 Å². The zero-order valence-corrected chi connectivity index (χ0v) is 23.1. The van der Waals surface area contributed by atoms with Crippen LogP contribution in [0.1, 0.15) is 93.1 Å². The molecule has 1 aromatic heterocycles. The minimum Gasteiger partial charge on any atom is -0.494 e. The molecule has 0 radical (unpaired) electrons. The third-order valence-electron chi connectivity index (χ3n) is 5.85. The third kappa shape index (κ3) is 9.59. The van der Waals surface area contributed by atoms with Gasteiger partial charge in [0.15, 0.2) is 5.88 Å². The molecule has 0 spiro atoms. The number of nitrogens with zero attached hydrogens (tertiary/aromatic N) is 1. The Morgan fingerprint density at radius 1 is 1.11 bits per heavy atom. The average Bonchev–Trinajstić information content (AvgIpc) is 3.13. The fourth-order valence-electron chi connectivity index (χ4n) is 3.73. The van der Waals surface area contributed by atoms with Gasteiger partial charge in [-0.15, -0.1) is 0 Å². The van der Waals surface area contributed by atoms with Crippen LogP contribution < -0.4 is 15.9 Å². The molecule has 192 valence electrons. The number of H-pyrrole nitrogens is 1. The summed E-state index contributed by atoms with van der Waals surface area (Å²) in [5.74, 6) is 0.215. The summed E-state index contributed by atoms with van der Waals surface area (Å²) in [7, 11) is 0. The molecule has 1 rings (SSSR count). The highest BCUT2D eigenvalue weighted by atomic mass is 16.3. The minimum atomic E-state index is 0.0669. The molecular weight excluding hydrogens is 432 g/mol. The predicted octanol–water partition coefficient (Wildman–Crippen LogP) is 6.41. The van der Waals surface area contributed by atoms with Gasteiger partial charge in [-0.1, -0.05) is 57.9 Å². The number of hydrogen-bond acceptors (Lipinski definition) is 3. The molecule has 0 aliphatic rings. The van der Waals surface area contributed by atoms with E-state index >= 15 is 0 Å². The van der Waals surface area contributed by atoms with Gasteiger partial charge in [-0.2, -0.15) is 0 Å². The van der Waals surface area contributed by atoms with E-state index in [0.717, 1.165) is 60.5 Å². The molecule has 0 aliphatic heterocycles. The zero-order chi connectivity index (χ0) is 26.4. The Labute approximate surface area is 212 Å². The summed E-state index contributed by atoms with van der Waals surface area (Å²) in [4.78, 5) is 7.58. The molecule has 0 bridgehead atoms. The molecular formula is C30H46N4O. The molecule has 0 unspecified atom stereocenters. The number of allylic oxidation sites excluding steroid dienone is 7. The number of nitrogens with one attached hydrogen (secondary N) is 3. The van der Waals surface area contributed by atoms with Crippen molar-refractivity contribution >= 4 is 23.7 Å². The van der Waals surface area contributed by atoms with Gasteiger partial charge in [-0.3, -0.25) is 5.41 Å². The van der Waals surface area contributed by atoms with Crippen LogP contribution in [0.15, 0.2) is 51.7 Å². The predicted molar refractivity (Wildman–Crippen MR) is 154 cm³/mol. The molecule has 0 saturated heterocycles. The fraction of sp³-hybridized carbons (Fsp3) is 0.467. The largest absolute Gasteiger partial charge is 0.494 e. The van der Waals surface area contributed by atoms with Gasteiger partial charge in [0.2, 0.25) is 0 Å². The SMILES string of the molecule is C/C=c1/[nH]c(O)c(C(C)=NC(=N)/C=C(/C)NCCCC)/c1=C/C(=C/CC)C(/C)=C(C)/C=C\CCC. The van der Waals surface area contributed by atoms with Crippen molar-refractivity contribution in [1.29, 1.82) is 5.41 Å². The first kappa shape index (κ1) is 30.0. The number of amidine groups is 1. The maximum Gasteiger partial charge on any atom is 0.198 e. The van der Waals surface area contributed by atoms with Gasteiger partial charge in [0.25, 0.3) is 0 Å². The standard InChI is InChI=1S/C30H46N4O/c1-9-13-15-17-21(5)23(7)25(16-11-3)20-26-27(12-4)34-30(35)29(26)24(8)33-28(31)19-22(6)32-18-14-10-2/h12,15-17,19-20,31-32,34-35H,9-11,13-14,18H2,1-8H3/b17-15-,22-19-,23-21+,25-16-,26-20+,27-12+,31-28?,33-24?. The van der Waals surface area contributed by atoms with Crippen LogP contribution in [0, 0.1) is 5.41 Å². The Bertz CT molecular complexity index is 1120. The number of hydrogen-bond donors (Lipinski definition) is 4. The highest BCUT2D eigenvalue weighted by Crippen LogP contribution is 2.19. The van der Waals surface area contributed by atoms with Crippen LogP contribution in [-0.2, 0) is 0 Å². The first-order chi connectivity index (χ1) is 16.7. The number of unbranched alkanes of at least 4 members (excludes halogenated alkanes) is 2. The lowest BCUT2D eigenvalue weighted by Crippen LogP contribution is -2.27. The maximum absolute atomic E-state index is 10.8. The monoisotopic (exact) mass is 478 g/mol. The Balaban J connectivity index is 3.56. The lowest BCUT2D eigenvalue weighted by Gasteiger charge is -2.07. The van der Waals surface area contributed by atoms with E-state index in [9.17, 15) is 5.11 Å². The van der Waals surface area contributed by atoms with E-state index in [-0.39, 0.29) is 11.7 Å². The van der Waals surface area contributed by atoms with Crippen LogP contribution in [0.4, 0.5) is 0 Å². The number of rotatable bonds is 12. The second-order valence-corrected chi connectivity index (χ2v) is 8.87. The van der Waals surface area contributed by atoms with E-state index in [0.29, 0.717) is 11.3 Å². The Kier molecular flexibility index (Phi) is 13.5. The van der Waals surface area contributed by atoms with E-state index in [1.807, 2.05) is 26.8 Å². The summed E-state index contributed by atoms with van der Waals surface area (Å²) < 4.78 is 0. The van der Waals surface area contributed by atoms with Crippen molar-refractivity contribution in [2.45, 2.75) is 87.5 Å². The van der Waals surface area contributed by atoms with Crippen LogP contribution in [0.5, 0.6) is 5.88 Å². The molecule has 0 aromatic carbocycles. The number of aromatic nitrogens is 1. The highest BCUT2D eigenvalue weighted by molar-refractivity contribution is 6.09. The van der Waals surface area contributed by atoms with Crippen molar-refractivity contribution in [1.82, 2.24) is 10.3 Å². The van der Waals surface area contributed by atoms with E-state index in [1.165, 1.54) is 11.1 Å². The topological polar surface area (TPSA) is 84.3 Å². The summed E-state index contributed by atoms with van der Waals surface area (Å²) in [6.07, 6.45) is 17.7. The highest BCUT2D eigenvalue weighted by Gasteiger charge is 2.13. The van der Waals surface area contributed by atoms with Crippen molar-refractivity contribution in [2.24, 2.45) is 4.99 Å². The van der Waals surface area contributed by atoms with Crippen LogP contribution in [-0.4, -0.2) is 28.2 Å². The maximum atomic E-state index is 10.8. The quantitative estimate of drug-likeness (QED) is 0.121. The van der Waals surface area contributed by atoms with Crippen LogP contribution in [0.25, 0.3) is 12.2 Å². The van der Waals surface area contributed by atoms with Crippen LogP contribution in [0.2, 0.25) is 0 Å². The molecule has 0 amide bonds. The third-order valence-corrected chi connectivity index (χ3v) is 5.85. The summed E-state index contributed by atoms with van der Waals surface area (Å²) in [6, 6.07) is 0. The summed E-state index contributed by atoms with van der Waals surface area (Å²) in [5, 5.41) is 24.1. The fourth-order valence-corrected chi connectivity index (χ4v) is 3.73. The Morgan fingerprint density at radius 2 is 1.83 bits per heavy atom. The molecule has 0 fully saturated rings. The van der Waals surface area contributed by atoms with Gasteiger partial charge >= 0.3 is 0 Å². The smallest absolute Gasteiger partial charge is 0.198 e. The summed E-state index contributed by atoms with van der Waals surface area (Å²) in [6.45, 7) is 17.3. The van der Waals surface area contributed by atoms with E-state index in [2.05, 4.69) is 74.2 Å². The summed E-state index contributed by atoms with van der Waals surface area (Å²) in [5.41, 5.74) is 5.68. The minimum absolute atomic E-state index is 0.0669. The van der Waals surface area contributed by atoms with Gasteiger partial charge in [0, 0.05) is 28.9 Å². The Morgan fingerprint density at radius 3 is 2.43 bits per heavy atom.